The number of halogens is 1. The second kappa shape index (κ2) is 8.81. The minimum atomic E-state index is -0.523. The molecule has 8 heteroatoms. The summed E-state index contributed by atoms with van der Waals surface area (Å²) in [6, 6.07) is 17.2. The minimum absolute atomic E-state index is 0.0687. The molecule has 0 atom stereocenters. The standard InChI is InChI=1S/C22H18FN3O2S2/c1-2-25(15-8-4-3-5-9-15)19(27)14-30-22-24-17-12-13-29-20(17)21(28)26(22)18-11-7-6-10-16(18)23/h3-13H,2,14H2,1H3. The predicted octanol–water partition coefficient (Wildman–Crippen LogP) is 4.73. The summed E-state index contributed by atoms with van der Waals surface area (Å²) in [4.78, 5) is 32.2. The predicted molar refractivity (Wildman–Crippen MR) is 120 cm³/mol. The lowest BCUT2D eigenvalue weighted by molar-refractivity contribution is -0.116. The maximum absolute atomic E-state index is 14.5. The largest absolute Gasteiger partial charge is 0.312 e. The van der Waals surface area contributed by atoms with Crippen molar-refractivity contribution < 1.29 is 9.18 Å². The van der Waals surface area contributed by atoms with E-state index in [4.69, 9.17) is 0 Å². The molecule has 0 aliphatic heterocycles. The number of hydrogen-bond donors (Lipinski definition) is 0. The third-order valence-electron chi connectivity index (χ3n) is 4.55. The normalized spacial score (nSPS) is 11.0. The summed E-state index contributed by atoms with van der Waals surface area (Å²) < 4.78 is 16.2. The highest BCUT2D eigenvalue weighted by Crippen LogP contribution is 2.25. The molecule has 2 aromatic heterocycles. The first-order valence-corrected chi connectivity index (χ1v) is 11.2. The summed E-state index contributed by atoms with van der Waals surface area (Å²) in [5, 5.41) is 2.06. The first-order valence-electron chi connectivity index (χ1n) is 9.33. The average Bonchev–Trinajstić information content (AvgIpc) is 3.23. The number of nitrogens with zero attached hydrogens (tertiary/aromatic N) is 3. The van der Waals surface area contributed by atoms with Crippen LogP contribution in [0, 0.1) is 5.82 Å². The van der Waals surface area contributed by atoms with Crippen LogP contribution in [0.2, 0.25) is 0 Å². The summed E-state index contributed by atoms with van der Waals surface area (Å²) >= 11 is 2.39. The van der Waals surface area contributed by atoms with E-state index < -0.39 is 5.82 Å². The number of hydrogen-bond acceptors (Lipinski definition) is 5. The zero-order valence-corrected chi connectivity index (χ0v) is 17.8. The molecular weight excluding hydrogens is 421 g/mol. The first-order chi connectivity index (χ1) is 14.6. The highest BCUT2D eigenvalue weighted by molar-refractivity contribution is 7.99. The molecule has 2 aromatic carbocycles. The summed E-state index contributed by atoms with van der Waals surface area (Å²) in [6.07, 6.45) is 0. The lowest BCUT2D eigenvalue weighted by Crippen LogP contribution is -2.32. The highest BCUT2D eigenvalue weighted by Gasteiger charge is 2.20. The maximum atomic E-state index is 14.5. The van der Waals surface area contributed by atoms with E-state index in [0.717, 1.165) is 17.4 Å². The Kier molecular flexibility index (Phi) is 5.96. The van der Waals surface area contributed by atoms with Gasteiger partial charge < -0.3 is 4.90 Å². The van der Waals surface area contributed by atoms with E-state index in [1.54, 1.807) is 28.5 Å². The maximum Gasteiger partial charge on any atom is 0.276 e. The Labute approximate surface area is 180 Å². The zero-order chi connectivity index (χ0) is 21.1. The molecule has 0 aliphatic rings. The molecule has 152 valence electrons. The molecule has 0 bridgehead atoms. The fourth-order valence-corrected chi connectivity index (χ4v) is 4.79. The molecule has 5 nitrogen and oxygen atoms in total. The molecule has 0 fully saturated rings. The van der Waals surface area contributed by atoms with Crippen LogP contribution < -0.4 is 10.5 Å². The van der Waals surface area contributed by atoms with Crippen molar-refractivity contribution in [3.63, 3.8) is 0 Å². The van der Waals surface area contributed by atoms with E-state index in [0.29, 0.717) is 16.8 Å². The Bertz CT molecular complexity index is 1250. The van der Waals surface area contributed by atoms with Gasteiger partial charge in [-0.15, -0.1) is 11.3 Å². The van der Waals surface area contributed by atoms with Crippen molar-refractivity contribution in [1.82, 2.24) is 9.55 Å². The summed E-state index contributed by atoms with van der Waals surface area (Å²) in [7, 11) is 0. The van der Waals surface area contributed by atoms with Crippen LogP contribution in [0.25, 0.3) is 15.9 Å². The average molecular weight is 440 g/mol. The molecule has 0 unspecified atom stereocenters. The number of anilines is 1. The Morgan fingerprint density at radius 2 is 1.87 bits per heavy atom. The van der Waals surface area contributed by atoms with Crippen molar-refractivity contribution >= 4 is 44.9 Å². The van der Waals surface area contributed by atoms with Gasteiger partial charge in [-0.05, 0) is 42.6 Å². The summed E-state index contributed by atoms with van der Waals surface area (Å²) in [5.41, 5.74) is 1.13. The SMILES string of the molecule is CCN(C(=O)CSc1nc2ccsc2c(=O)n1-c1ccccc1F)c1ccccc1. The van der Waals surface area contributed by atoms with Crippen molar-refractivity contribution in [1.29, 1.82) is 0 Å². The fraction of sp³-hybridized carbons (Fsp3) is 0.136. The van der Waals surface area contributed by atoms with Crippen molar-refractivity contribution in [2.45, 2.75) is 12.1 Å². The molecular formula is C22H18FN3O2S2. The molecule has 0 saturated heterocycles. The summed E-state index contributed by atoms with van der Waals surface area (Å²) in [5.74, 6) is -0.572. The number of thioether (sulfide) groups is 1. The monoisotopic (exact) mass is 439 g/mol. The Morgan fingerprint density at radius 1 is 1.13 bits per heavy atom. The number of benzene rings is 2. The zero-order valence-electron chi connectivity index (χ0n) is 16.1. The van der Waals surface area contributed by atoms with E-state index in [2.05, 4.69) is 4.98 Å². The number of thiophene rings is 1. The number of carbonyl (C=O) groups is 1. The molecule has 4 rings (SSSR count). The quantitative estimate of drug-likeness (QED) is 0.322. The van der Waals surface area contributed by atoms with Crippen LogP contribution in [0.3, 0.4) is 0 Å². The van der Waals surface area contributed by atoms with Crippen LogP contribution in [-0.2, 0) is 4.79 Å². The van der Waals surface area contributed by atoms with Gasteiger partial charge in [-0.3, -0.25) is 14.2 Å². The van der Waals surface area contributed by atoms with Crippen LogP contribution >= 0.6 is 23.1 Å². The topological polar surface area (TPSA) is 55.2 Å². The second-order valence-corrected chi connectivity index (χ2v) is 8.24. The van der Waals surface area contributed by atoms with Crippen molar-refractivity contribution in [3.05, 3.63) is 82.2 Å². The van der Waals surface area contributed by atoms with Gasteiger partial charge in [-0.25, -0.2) is 9.37 Å². The molecule has 0 spiro atoms. The van der Waals surface area contributed by atoms with E-state index in [1.165, 1.54) is 28.0 Å². The van der Waals surface area contributed by atoms with Crippen molar-refractivity contribution in [2.24, 2.45) is 0 Å². The molecule has 0 N–H and O–H groups in total. The number of rotatable bonds is 6. The van der Waals surface area contributed by atoms with Crippen LogP contribution in [0.15, 0.2) is 76.0 Å². The van der Waals surface area contributed by atoms with Crippen molar-refractivity contribution in [3.8, 4) is 5.69 Å². The van der Waals surface area contributed by atoms with Gasteiger partial charge in [0.1, 0.15) is 10.5 Å². The number of para-hydroxylation sites is 2. The van der Waals surface area contributed by atoms with E-state index >= 15 is 0 Å². The Morgan fingerprint density at radius 3 is 2.60 bits per heavy atom. The molecule has 0 aliphatic carbocycles. The Balaban J connectivity index is 1.70. The third-order valence-corrected chi connectivity index (χ3v) is 6.37. The third kappa shape index (κ3) is 3.88. The lowest BCUT2D eigenvalue weighted by atomic mass is 10.3. The van der Waals surface area contributed by atoms with Crippen LogP contribution in [0.5, 0.6) is 0 Å². The van der Waals surface area contributed by atoms with Crippen LogP contribution in [0.4, 0.5) is 10.1 Å². The number of aromatic nitrogens is 2. The molecule has 30 heavy (non-hydrogen) atoms. The van der Waals surface area contributed by atoms with Gasteiger partial charge in [0.15, 0.2) is 5.16 Å². The number of amides is 1. The Hall–Kier alpha value is -2.97. The number of carbonyl (C=O) groups excluding carboxylic acids is 1. The van der Waals surface area contributed by atoms with Gasteiger partial charge in [0.25, 0.3) is 5.56 Å². The minimum Gasteiger partial charge on any atom is -0.312 e. The van der Waals surface area contributed by atoms with Gasteiger partial charge in [0, 0.05) is 12.2 Å². The lowest BCUT2D eigenvalue weighted by Gasteiger charge is -2.21. The first kappa shape index (κ1) is 20.3. The molecule has 0 saturated carbocycles. The van der Waals surface area contributed by atoms with Crippen LogP contribution in [-0.4, -0.2) is 27.8 Å². The number of fused-ring (bicyclic) bond motifs is 1. The second-order valence-electron chi connectivity index (χ2n) is 6.38. The molecule has 4 aromatic rings. The summed E-state index contributed by atoms with van der Waals surface area (Å²) in [6.45, 7) is 2.42. The fourth-order valence-electron chi connectivity index (χ4n) is 3.15. The molecule has 0 radical (unpaired) electrons. The molecule has 2 heterocycles. The highest BCUT2D eigenvalue weighted by atomic mass is 32.2. The van der Waals surface area contributed by atoms with Crippen molar-refractivity contribution in [2.75, 3.05) is 17.2 Å². The van der Waals surface area contributed by atoms with Gasteiger partial charge >= 0.3 is 0 Å². The van der Waals surface area contributed by atoms with Gasteiger partial charge in [-0.1, -0.05) is 42.1 Å². The van der Waals surface area contributed by atoms with Gasteiger partial charge in [0.2, 0.25) is 5.91 Å². The van der Waals surface area contributed by atoms with Crippen LogP contribution in [0.1, 0.15) is 6.92 Å². The smallest absolute Gasteiger partial charge is 0.276 e. The van der Waals surface area contributed by atoms with E-state index in [-0.39, 0.29) is 28.1 Å². The van der Waals surface area contributed by atoms with Gasteiger partial charge in [0.05, 0.1) is 17.0 Å². The molecule has 1 amide bonds. The van der Waals surface area contributed by atoms with E-state index in [9.17, 15) is 14.0 Å². The van der Waals surface area contributed by atoms with E-state index in [1.807, 2.05) is 37.3 Å². The van der Waals surface area contributed by atoms with Gasteiger partial charge in [-0.2, -0.15) is 0 Å².